The summed E-state index contributed by atoms with van der Waals surface area (Å²) >= 11 is 5.93. The Bertz CT molecular complexity index is 329. The highest BCUT2D eigenvalue weighted by molar-refractivity contribution is 6.32. The summed E-state index contributed by atoms with van der Waals surface area (Å²) in [6.07, 6.45) is 5.06. The van der Waals surface area contributed by atoms with E-state index in [0.29, 0.717) is 5.02 Å². The van der Waals surface area contributed by atoms with Crippen LogP contribution in [0.4, 0.5) is 0 Å². The summed E-state index contributed by atoms with van der Waals surface area (Å²) in [5.74, 6) is 0. The molecule has 0 amide bonds. The van der Waals surface area contributed by atoms with Gasteiger partial charge in [-0.3, -0.25) is 4.98 Å². The van der Waals surface area contributed by atoms with Crippen molar-refractivity contribution in [1.29, 1.82) is 0 Å². The van der Waals surface area contributed by atoms with Gasteiger partial charge in [0, 0.05) is 23.5 Å². The molecule has 1 aromatic rings. The Hall–Kier alpha value is -1.08. The molecular weight excluding hydrogens is 170 g/mol. The van der Waals surface area contributed by atoms with Crippen LogP contribution in [-0.4, -0.2) is 4.98 Å². The van der Waals surface area contributed by atoms with Crippen molar-refractivity contribution in [3.8, 4) is 0 Å². The zero-order valence-corrected chi connectivity index (χ0v) is 7.73. The third kappa shape index (κ3) is 1.56. The van der Waals surface area contributed by atoms with Crippen molar-refractivity contribution in [3.63, 3.8) is 0 Å². The summed E-state index contributed by atoms with van der Waals surface area (Å²) in [4.78, 5) is 3.95. The molecule has 0 aliphatic rings. The Balaban J connectivity index is 3.39. The van der Waals surface area contributed by atoms with Gasteiger partial charge in [0.1, 0.15) is 0 Å². The van der Waals surface area contributed by atoms with E-state index in [0.717, 1.165) is 16.7 Å². The maximum absolute atomic E-state index is 5.93. The number of hydrogen-bond acceptors (Lipinski definition) is 1. The van der Waals surface area contributed by atoms with Crippen LogP contribution < -0.4 is 0 Å². The third-order valence-corrected chi connectivity index (χ3v) is 1.86. The molecule has 0 spiro atoms. The minimum absolute atomic E-state index is 0.625. The van der Waals surface area contributed by atoms with Gasteiger partial charge in [-0.1, -0.05) is 30.8 Å². The largest absolute Gasteiger partial charge is 0.263 e. The number of rotatable bonds is 2. The zero-order valence-electron chi connectivity index (χ0n) is 6.97. The molecule has 0 bridgehead atoms. The van der Waals surface area contributed by atoms with Crippen molar-refractivity contribution in [1.82, 2.24) is 4.98 Å². The van der Waals surface area contributed by atoms with E-state index in [2.05, 4.69) is 18.1 Å². The van der Waals surface area contributed by atoms with E-state index in [1.165, 1.54) is 0 Å². The molecule has 0 atom stereocenters. The predicted molar refractivity (Wildman–Crippen MR) is 54.0 cm³/mol. The summed E-state index contributed by atoms with van der Waals surface area (Å²) in [5.41, 5.74) is 2.79. The molecule has 0 aromatic carbocycles. The lowest BCUT2D eigenvalue weighted by molar-refractivity contribution is 1.30. The molecule has 0 radical (unpaired) electrons. The molecule has 0 aliphatic heterocycles. The highest BCUT2D eigenvalue weighted by atomic mass is 35.5. The van der Waals surface area contributed by atoms with E-state index in [1.807, 2.05) is 6.92 Å². The molecule has 0 fully saturated rings. The van der Waals surface area contributed by atoms with Crippen LogP contribution in [0.15, 0.2) is 25.6 Å². The lowest BCUT2D eigenvalue weighted by Gasteiger charge is -2.05. The van der Waals surface area contributed by atoms with Gasteiger partial charge in [-0.25, -0.2) is 0 Å². The first-order valence-corrected chi connectivity index (χ1v) is 3.96. The van der Waals surface area contributed by atoms with E-state index in [-0.39, 0.29) is 0 Å². The van der Waals surface area contributed by atoms with Crippen LogP contribution in [0, 0.1) is 0 Å². The van der Waals surface area contributed by atoms with E-state index >= 15 is 0 Å². The number of halogens is 1. The third-order valence-electron chi connectivity index (χ3n) is 1.58. The first-order valence-electron chi connectivity index (χ1n) is 3.58. The molecule has 1 rings (SSSR count). The van der Waals surface area contributed by atoms with Gasteiger partial charge in [-0.2, -0.15) is 0 Å². The highest BCUT2D eigenvalue weighted by Crippen LogP contribution is 2.25. The molecule has 0 aliphatic carbocycles. The Kier molecular flexibility index (Phi) is 2.66. The second-order valence-corrected chi connectivity index (χ2v) is 2.98. The minimum atomic E-state index is 0.625. The number of hydrogen-bond donors (Lipinski definition) is 0. The van der Waals surface area contributed by atoms with Gasteiger partial charge in [0.15, 0.2) is 0 Å². The van der Waals surface area contributed by atoms with Crippen LogP contribution >= 0.6 is 11.6 Å². The number of allylic oxidation sites excluding steroid dienone is 1. The summed E-state index contributed by atoms with van der Waals surface area (Å²) in [7, 11) is 0. The zero-order chi connectivity index (χ0) is 9.14. The first-order chi connectivity index (χ1) is 5.66. The van der Waals surface area contributed by atoms with Crippen molar-refractivity contribution < 1.29 is 0 Å². The summed E-state index contributed by atoms with van der Waals surface area (Å²) in [6.45, 7) is 9.42. The van der Waals surface area contributed by atoms with Crippen LogP contribution in [0.5, 0.6) is 0 Å². The lowest BCUT2D eigenvalue weighted by Crippen LogP contribution is -1.87. The summed E-state index contributed by atoms with van der Waals surface area (Å²) in [6, 6.07) is 0. The van der Waals surface area contributed by atoms with Gasteiger partial charge < -0.3 is 0 Å². The molecule has 0 saturated carbocycles. The molecule has 0 saturated heterocycles. The molecule has 1 aromatic heterocycles. The highest BCUT2D eigenvalue weighted by Gasteiger charge is 2.04. The predicted octanol–water partition coefficient (Wildman–Crippen LogP) is 3.41. The van der Waals surface area contributed by atoms with Crippen LogP contribution in [0.3, 0.4) is 0 Å². The van der Waals surface area contributed by atoms with Crippen molar-refractivity contribution in [2.45, 2.75) is 6.92 Å². The van der Waals surface area contributed by atoms with Crippen LogP contribution in [0.25, 0.3) is 11.6 Å². The maximum atomic E-state index is 5.93. The van der Waals surface area contributed by atoms with Gasteiger partial charge in [0.2, 0.25) is 0 Å². The normalized spacial score (nSPS) is 9.50. The molecule has 62 valence electrons. The topological polar surface area (TPSA) is 12.9 Å². The van der Waals surface area contributed by atoms with E-state index in [9.17, 15) is 0 Å². The molecule has 12 heavy (non-hydrogen) atoms. The van der Waals surface area contributed by atoms with E-state index < -0.39 is 0 Å². The van der Waals surface area contributed by atoms with Gasteiger partial charge in [-0.05, 0) is 12.5 Å². The number of pyridine rings is 1. The van der Waals surface area contributed by atoms with Gasteiger partial charge in [-0.15, -0.1) is 0 Å². The van der Waals surface area contributed by atoms with Crippen molar-refractivity contribution >= 4 is 23.3 Å². The van der Waals surface area contributed by atoms with Crippen molar-refractivity contribution in [2.24, 2.45) is 0 Å². The van der Waals surface area contributed by atoms with Crippen LogP contribution in [0.2, 0.25) is 5.02 Å². The SMILES string of the molecule is C=Cc1cncc(Cl)c1C(=C)C. The fraction of sp³-hybridized carbons (Fsp3) is 0.100. The monoisotopic (exact) mass is 179 g/mol. The fourth-order valence-electron chi connectivity index (χ4n) is 1.06. The second kappa shape index (κ2) is 3.55. The van der Waals surface area contributed by atoms with Crippen LogP contribution in [0.1, 0.15) is 18.1 Å². The van der Waals surface area contributed by atoms with E-state index in [4.69, 9.17) is 11.6 Å². The quantitative estimate of drug-likeness (QED) is 0.678. The van der Waals surface area contributed by atoms with E-state index in [1.54, 1.807) is 18.5 Å². The second-order valence-electron chi connectivity index (χ2n) is 2.57. The number of nitrogens with zero attached hydrogens (tertiary/aromatic N) is 1. The van der Waals surface area contributed by atoms with Gasteiger partial charge >= 0.3 is 0 Å². The molecular formula is C10H10ClN. The summed E-state index contributed by atoms with van der Waals surface area (Å²) in [5, 5.41) is 0.625. The number of aromatic nitrogens is 1. The Morgan fingerprint density at radius 2 is 2.25 bits per heavy atom. The smallest absolute Gasteiger partial charge is 0.0670 e. The molecule has 2 heteroatoms. The minimum Gasteiger partial charge on any atom is -0.263 e. The van der Waals surface area contributed by atoms with Crippen molar-refractivity contribution in [3.05, 3.63) is 41.7 Å². The first kappa shape index (κ1) is 9.01. The fourth-order valence-corrected chi connectivity index (χ4v) is 1.38. The Morgan fingerprint density at radius 3 is 2.67 bits per heavy atom. The molecule has 0 N–H and O–H groups in total. The molecule has 0 unspecified atom stereocenters. The molecule has 1 heterocycles. The Morgan fingerprint density at radius 1 is 1.58 bits per heavy atom. The van der Waals surface area contributed by atoms with Gasteiger partial charge in [0.25, 0.3) is 0 Å². The van der Waals surface area contributed by atoms with Crippen LogP contribution in [-0.2, 0) is 0 Å². The lowest BCUT2D eigenvalue weighted by atomic mass is 10.1. The maximum Gasteiger partial charge on any atom is 0.0670 e. The molecule has 1 nitrogen and oxygen atoms in total. The Labute approximate surface area is 77.4 Å². The van der Waals surface area contributed by atoms with Gasteiger partial charge in [0.05, 0.1) is 5.02 Å². The average Bonchev–Trinajstić information content (AvgIpc) is 2.03. The van der Waals surface area contributed by atoms with Crippen molar-refractivity contribution in [2.75, 3.05) is 0 Å². The summed E-state index contributed by atoms with van der Waals surface area (Å²) < 4.78 is 0. The standard InChI is InChI=1S/C10H10ClN/c1-4-8-5-12-6-9(11)10(8)7(2)3/h4-6H,1-2H2,3H3. The average molecular weight is 180 g/mol.